The van der Waals surface area contributed by atoms with E-state index in [1.165, 1.54) is 0 Å². The van der Waals surface area contributed by atoms with E-state index in [0.717, 1.165) is 0 Å². The van der Waals surface area contributed by atoms with Crippen molar-refractivity contribution in [1.82, 2.24) is 19.5 Å². The average Bonchev–Trinajstić information content (AvgIpc) is 2.77. The summed E-state index contributed by atoms with van der Waals surface area (Å²) in [6.07, 6.45) is 6.44. The zero-order valence-electron chi connectivity index (χ0n) is 8.29. The summed E-state index contributed by atoms with van der Waals surface area (Å²) in [5.41, 5.74) is 0. The van der Waals surface area contributed by atoms with Crippen molar-refractivity contribution >= 4 is 5.78 Å². The Hall–Kier alpha value is -2.04. The van der Waals surface area contributed by atoms with E-state index in [-0.39, 0.29) is 11.6 Å². The molecule has 0 N–H and O–H groups in total. The van der Waals surface area contributed by atoms with Gasteiger partial charge in [0.2, 0.25) is 5.82 Å². The Bertz CT molecular complexity index is 463. The van der Waals surface area contributed by atoms with Gasteiger partial charge in [-0.05, 0) is 13.0 Å². The van der Waals surface area contributed by atoms with E-state index in [9.17, 15) is 4.79 Å². The van der Waals surface area contributed by atoms with Crippen LogP contribution in [-0.4, -0.2) is 25.3 Å². The Kier molecular flexibility index (Phi) is 2.53. The van der Waals surface area contributed by atoms with Gasteiger partial charge in [0.15, 0.2) is 5.82 Å². The van der Waals surface area contributed by atoms with Crippen molar-refractivity contribution in [2.24, 2.45) is 0 Å². The van der Waals surface area contributed by atoms with Crippen molar-refractivity contribution in [3.63, 3.8) is 0 Å². The molecule has 2 aromatic heterocycles. The van der Waals surface area contributed by atoms with Gasteiger partial charge in [-0.3, -0.25) is 4.79 Å². The predicted octanol–water partition coefficient (Wildman–Crippen LogP) is 0.924. The van der Waals surface area contributed by atoms with Crippen LogP contribution in [0.2, 0.25) is 0 Å². The Morgan fingerprint density at radius 3 is 2.67 bits per heavy atom. The number of ketones is 1. The number of rotatable bonds is 3. The van der Waals surface area contributed by atoms with E-state index < -0.39 is 0 Å². The van der Waals surface area contributed by atoms with Crippen LogP contribution in [0.5, 0.6) is 0 Å². The van der Waals surface area contributed by atoms with E-state index in [2.05, 4.69) is 15.0 Å². The summed E-state index contributed by atoms with van der Waals surface area (Å²) in [6, 6.07) is 1.67. The molecule has 0 amide bonds. The zero-order valence-corrected chi connectivity index (χ0v) is 8.29. The van der Waals surface area contributed by atoms with Crippen molar-refractivity contribution in [1.29, 1.82) is 0 Å². The van der Waals surface area contributed by atoms with Crippen LogP contribution >= 0.6 is 0 Å². The Morgan fingerprint density at radius 1 is 1.27 bits per heavy atom. The third-order valence-corrected chi connectivity index (χ3v) is 2.03. The third-order valence-electron chi connectivity index (χ3n) is 2.03. The molecule has 0 aromatic carbocycles. The molecule has 2 aromatic rings. The van der Waals surface area contributed by atoms with Gasteiger partial charge in [0.05, 0.1) is 0 Å². The van der Waals surface area contributed by atoms with Gasteiger partial charge >= 0.3 is 0 Å². The first-order chi connectivity index (χ1) is 7.33. The van der Waals surface area contributed by atoms with Crippen LogP contribution < -0.4 is 0 Å². The number of imidazole rings is 1. The quantitative estimate of drug-likeness (QED) is 0.694. The van der Waals surface area contributed by atoms with Crippen molar-refractivity contribution in [2.45, 2.75) is 13.5 Å². The molecule has 0 aliphatic heterocycles. The molecule has 0 unspecified atom stereocenters. The molecule has 0 aliphatic rings. The normalized spacial score (nSPS) is 10.2. The van der Waals surface area contributed by atoms with Gasteiger partial charge in [-0.15, -0.1) is 0 Å². The molecule has 76 valence electrons. The Balaban J connectivity index is 2.37. The maximum absolute atomic E-state index is 11.9. The minimum absolute atomic E-state index is 0.179. The van der Waals surface area contributed by atoms with Crippen LogP contribution in [0.4, 0.5) is 0 Å². The van der Waals surface area contributed by atoms with Crippen LogP contribution in [0.3, 0.4) is 0 Å². The first-order valence-corrected chi connectivity index (χ1v) is 4.65. The van der Waals surface area contributed by atoms with Crippen LogP contribution in [0.1, 0.15) is 23.4 Å². The molecular formula is C10H10N4O. The summed E-state index contributed by atoms with van der Waals surface area (Å²) < 4.78 is 1.76. The smallest absolute Gasteiger partial charge is 0.265 e. The molecule has 5 heteroatoms. The second kappa shape index (κ2) is 4.00. The van der Waals surface area contributed by atoms with Crippen LogP contribution in [0.15, 0.2) is 30.9 Å². The van der Waals surface area contributed by atoms with Gasteiger partial charge in [0.1, 0.15) is 0 Å². The number of carbonyl (C=O) groups excluding carboxylic acids is 1. The summed E-state index contributed by atoms with van der Waals surface area (Å²) >= 11 is 0. The number of nitrogens with zero attached hydrogens (tertiary/aromatic N) is 4. The molecular weight excluding hydrogens is 192 g/mol. The monoisotopic (exact) mass is 202 g/mol. The molecule has 0 atom stereocenters. The molecule has 15 heavy (non-hydrogen) atoms. The summed E-state index contributed by atoms with van der Waals surface area (Å²) in [5.74, 6) is 0.310. The summed E-state index contributed by atoms with van der Waals surface area (Å²) in [4.78, 5) is 23.7. The lowest BCUT2D eigenvalue weighted by Gasteiger charge is -2.01. The Labute approximate surface area is 86.8 Å². The number of carbonyl (C=O) groups is 1. The predicted molar refractivity (Wildman–Crippen MR) is 53.4 cm³/mol. The lowest BCUT2D eigenvalue weighted by Crippen LogP contribution is -2.13. The third kappa shape index (κ3) is 1.76. The SMILES string of the molecule is CCn1ccnc1C(=O)c1ncccn1. The maximum Gasteiger partial charge on any atom is 0.265 e. The topological polar surface area (TPSA) is 60.7 Å². The lowest BCUT2D eigenvalue weighted by molar-refractivity contribution is 0.101. The van der Waals surface area contributed by atoms with E-state index in [1.807, 2.05) is 6.92 Å². The van der Waals surface area contributed by atoms with Crippen molar-refractivity contribution < 1.29 is 4.79 Å². The highest BCUT2D eigenvalue weighted by Crippen LogP contribution is 2.03. The van der Waals surface area contributed by atoms with Gasteiger partial charge in [-0.2, -0.15) is 0 Å². The molecule has 0 aliphatic carbocycles. The maximum atomic E-state index is 11.9. The van der Waals surface area contributed by atoms with Crippen molar-refractivity contribution in [2.75, 3.05) is 0 Å². The standard InChI is InChI=1S/C10H10N4O/c1-2-14-7-6-13-10(14)8(15)9-11-4-3-5-12-9/h3-7H,2H2,1H3. The number of hydrogen-bond donors (Lipinski definition) is 0. The van der Waals surface area contributed by atoms with Gasteiger partial charge in [0, 0.05) is 31.3 Å². The second-order valence-electron chi connectivity index (χ2n) is 2.94. The average molecular weight is 202 g/mol. The number of hydrogen-bond acceptors (Lipinski definition) is 4. The van der Waals surface area contributed by atoms with E-state index >= 15 is 0 Å². The molecule has 5 nitrogen and oxygen atoms in total. The highest BCUT2D eigenvalue weighted by molar-refractivity contribution is 6.03. The van der Waals surface area contributed by atoms with Gasteiger partial charge in [0.25, 0.3) is 5.78 Å². The summed E-state index contributed by atoms with van der Waals surface area (Å²) in [6.45, 7) is 2.65. The molecule has 0 saturated carbocycles. The summed E-state index contributed by atoms with van der Waals surface area (Å²) in [5, 5.41) is 0. The summed E-state index contributed by atoms with van der Waals surface area (Å²) in [7, 11) is 0. The van der Waals surface area contributed by atoms with Crippen molar-refractivity contribution in [3.8, 4) is 0 Å². The molecule has 0 saturated heterocycles. The fourth-order valence-corrected chi connectivity index (χ4v) is 1.29. The molecule has 2 rings (SSSR count). The van der Waals surface area contributed by atoms with E-state index in [0.29, 0.717) is 12.4 Å². The highest BCUT2D eigenvalue weighted by Gasteiger charge is 2.16. The fourth-order valence-electron chi connectivity index (χ4n) is 1.29. The lowest BCUT2D eigenvalue weighted by atomic mass is 10.3. The van der Waals surface area contributed by atoms with Gasteiger partial charge in [-0.1, -0.05) is 0 Å². The van der Waals surface area contributed by atoms with Crippen LogP contribution in [0, 0.1) is 0 Å². The second-order valence-corrected chi connectivity index (χ2v) is 2.94. The zero-order chi connectivity index (χ0) is 10.7. The van der Waals surface area contributed by atoms with Gasteiger partial charge < -0.3 is 4.57 Å². The molecule has 0 bridgehead atoms. The van der Waals surface area contributed by atoms with Crippen LogP contribution in [-0.2, 0) is 6.54 Å². The molecule has 2 heterocycles. The molecule has 0 fully saturated rings. The minimum atomic E-state index is -0.248. The van der Waals surface area contributed by atoms with E-state index in [4.69, 9.17) is 0 Å². The number of aromatic nitrogens is 4. The molecule has 0 spiro atoms. The number of aryl methyl sites for hydroxylation is 1. The van der Waals surface area contributed by atoms with Gasteiger partial charge in [-0.25, -0.2) is 15.0 Å². The first kappa shape index (κ1) is 9.51. The first-order valence-electron chi connectivity index (χ1n) is 4.65. The highest BCUT2D eigenvalue weighted by atomic mass is 16.1. The van der Waals surface area contributed by atoms with Crippen molar-refractivity contribution in [3.05, 3.63) is 42.5 Å². The molecule has 0 radical (unpaired) electrons. The fraction of sp³-hybridized carbons (Fsp3) is 0.200. The van der Waals surface area contributed by atoms with E-state index in [1.54, 1.807) is 35.4 Å². The minimum Gasteiger partial charge on any atom is -0.328 e. The van der Waals surface area contributed by atoms with Crippen LogP contribution in [0.25, 0.3) is 0 Å². The largest absolute Gasteiger partial charge is 0.328 e. The Morgan fingerprint density at radius 2 is 2.00 bits per heavy atom.